The molecule has 0 aliphatic carbocycles. The third kappa shape index (κ3) is 4.58. The van der Waals surface area contributed by atoms with Crippen molar-refractivity contribution in [3.05, 3.63) is 34.9 Å². The molecule has 118 valence electrons. The van der Waals surface area contributed by atoms with Gasteiger partial charge < -0.3 is 15.7 Å². The van der Waals surface area contributed by atoms with E-state index in [9.17, 15) is 9.90 Å². The van der Waals surface area contributed by atoms with Crippen molar-refractivity contribution in [3.8, 4) is 0 Å². The molecule has 1 saturated heterocycles. The van der Waals surface area contributed by atoms with Gasteiger partial charge in [-0.15, -0.1) is 12.4 Å². The van der Waals surface area contributed by atoms with Crippen molar-refractivity contribution >= 4 is 29.9 Å². The second kappa shape index (κ2) is 7.99. The number of aliphatic hydroxyl groups is 1. The fourth-order valence-corrected chi connectivity index (χ4v) is 2.78. The van der Waals surface area contributed by atoms with Gasteiger partial charge in [-0.05, 0) is 43.4 Å². The quantitative estimate of drug-likeness (QED) is 0.892. The van der Waals surface area contributed by atoms with Gasteiger partial charge in [0.1, 0.15) is 0 Å². The van der Waals surface area contributed by atoms with Crippen molar-refractivity contribution in [2.75, 3.05) is 13.1 Å². The van der Waals surface area contributed by atoms with Gasteiger partial charge in [-0.2, -0.15) is 0 Å². The third-order valence-corrected chi connectivity index (χ3v) is 4.15. The number of nitrogens with two attached hydrogens (primary N) is 1. The Morgan fingerprint density at radius 1 is 1.33 bits per heavy atom. The Hall–Kier alpha value is -0.810. The lowest BCUT2D eigenvalue weighted by molar-refractivity contribution is -0.134. The maximum atomic E-state index is 11.8. The Kier molecular flexibility index (Phi) is 6.94. The van der Waals surface area contributed by atoms with Crippen molar-refractivity contribution in [1.82, 2.24) is 4.90 Å². The molecule has 0 spiro atoms. The van der Waals surface area contributed by atoms with Crippen LogP contribution >= 0.6 is 24.0 Å². The van der Waals surface area contributed by atoms with Crippen LogP contribution in [0.3, 0.4) is 0 Å². The Labute approximate surface area is 136 Å². The third-order valence-electron chi connectivity index (χ3n) is 3.90. The van der Waals surface area contributed by atoms with Crippen LogP contribution in [0.1, 0.15) is 31.4 Å². The molecule has 0 aromatic heterocycles. The molecule has 3 N–H and O–H groups in total. The summed E-state index contributed by atoms with van der Waals surface area (Å²) in [6, 6.07) is 6.83. The molecular formula is C15H22Cl2N2O2. The molecule has 1 aromatic rings. The second-order valence-corrected chi connectivity index (χ2v) is 5.88. The van der Waals surface area contributed by atoms with E-state index in [1.165, 1.54) is 0 Å². The zero-order valence-electron chi connectivity index (χ0n) is 12.0. The average molecular weight is 333 g/mol. The van der Waals surface area contributed by atoms with E-state index in [0.717, 1.165) is 18.4 Å². The SMILES string of the molecule is C[C@@H](N)C(=O)N1CCC(C(O)c2ccc(Cl)cc2)CC1.Cl. The van der Waals surface area contributed by atoms with Gasteiger partial charge in [-0.1, -0.05) is 23.7 Å². The molecule has 1 aromatic carbocycles. The van der Waals surface area contributed by atoms with Crippen LogP contribution in [0.25, 0.3) is 0 Å². The summed E-state index contributed by atoms with van der Waals surface area (Å²) < 4.78 is 0. The van der Waals surface area contributed by atoms with E-state index in [0.29, 0.717) is 18.1 Å². The predicted octanol–water partition coefficient (Wildman–Crippen LogP) is 2.38. The van der Waals surface area contributed by atoms with E-state index in [2.05, 4.69) is 0 Å². The second-order valence-electron chi connectivity index (χ2n) is 5.45. The molecule has 1 aliphatic rings. The van der Waals surface area contributed by atoms with E-state index in [1.807, 2.05) is 12.1 Å². The summed E-state index contributed by atoms with van der Waals surface area (Å²) in [5, 5.41) is 11.1. The summed E-state index contributed by atoms with van der Waals surface area (Å²) in [7, 11) is 0. The molecule has 1 heterocycles. The molecule has 4 nitrogen and oxygen atoms in total. The highest BCUT2D eigenvalue weighted by Gasteiger charge is 2.29. The molecule has 2 atom stereocenters. The van der Waals surface area contributed by atoms with Gasteiger partial charge in [-0.25, -0.2) is 0 Å². The summed E-state index contributed by atoms with van der Waals surface area (Å²) >= 11 is 5.85. The lowest BCUT2D eigenvalue weighted by Crippen LogP contribution is -2.46. The number of carbonyl (C=O) groups excluding carboxylic acids is 1. The maximum Gasteiger partial charge on any atom is 0.239 e. The minimum Gasteiger partial charge on any atom is -0.388 e. The number of halogens is 2. The van der Waals surface area contributed by atoms with Crippen molar-refractivity contribution in [1.29, 1.82) is 0 Å². The van der Waals surface area contributed by atoms with Crippen molar-refractivity contribution in [3.63, 3.8) is 0 Å². The molecule has 6 heteroatoms. The Morgan fingerprint density at radius 2 is 1.86 bits per heavy atom. The zero-order chi connectivity index (χ0) is 14.7. The standard InChI is InChI=1S/C15H21ClN2O2.ClH/c1-10(17)15(20)18-8-6-12(7-9-18)14(19)11-2-4-13(16)5-3-11;/h2-5,10,12,14,19H,6-9,17H2,1H3;1H/t10-,14?;/m1./s1. The van der Waals surface area contributed by atoms with Gasteiger partial charge in [-0.3, -0.25) is 4.79 Å². The van der Waals surface area contributed by atoms with Gasteiger partial charge in [0, 0.05) is 18.1 Å². The number of aliphatic hydroxyl groups excluding tert-OH is 1. The van der Waals surface area contributed by atoms with Crippen molar-refractivity contribution in [2.24, 2.45) is 11.7 Å². The van der Waals surface area contributed by atoms with Crippen LogP contribution in [-0.4, -0.2) is 35.0 Å². The number of hydrogen-bond acceptors (Lipinski definition) is 3. The Morgan fingerprint density at radius 3 is 2.33 bits per heavy atom. The normalized spacial score (nSPS) is 18.8. The van der Waals surface area contributed by atoms with E-state index in [4.69, 9.17) is 17.3 Å². The highest BCUT2D eigenvalue weighted by Crippen LogP contribution is 2.31. The molecule has 0 saturated carbocycles. The van der Waals surface area contributed by atoms with E-state index in [-0.39, 0.29) is 24.2 Å². The summed E-state index contributed by atoms with van der Waals surface area (Å²) in [5.41, 5.74) is 6.49. The molecular weight excluding hydrogens is 311 g/mol. The molecule has 1 aliphatic heterocycles. The maximum absolute atomic E-state index is 11.8. The molecule has 0 radical (unpaired) electrons. The Bertz CT molecular complexity index is 457. The Balaban J connectivity index is 0.00000220. The van der Waals surface area contributed by atoms with Crippen molar-refractivity contribution < 1.29 is 9.90 Å². The topological polar surface area (TPSA) is 66.6 Å². The minimum absolute atomic E-state index is 0. The van der Waals surface area contributed by atoms with Crippen LogP contribution in [-0.2, 0) is 4.79 Å². The number of likely N-dealkylation sites (tertiary alicyclic amines) is 1. The number of benzene rings is 1. The number of amides is 1. The van der Waals surface area contributed by atoms with Gasteiger partial charge >= 0.3 is 0 Å². The first kappa shape index (κ1) is 18.2. The van der Waals surface area contributed by atoms with Crippen LogP contribution in [0.5, 0.6) is 0 Å². The first-order valence-electron chi connectivity index (χ1n) is 6.97. The molecule has 2 rings (SSSR count). The summed E-state index contributed by atoms with van der Waals surface area (Å²) in [6.07, 6.45) is 1.09. The highest BCUT2D eigenvalue weighted by molar-refractivity contribution is 6.30. The molecule has 1 amide bonds. The first-order valence-corrected chi connectivity index (χ1v) is 7.34. The number of piperidine rings is 1. The average Bonchev–Trinajstić information content (AvgIpc) is 2.46. The molecule has 21 heavy (non-hydrogen) atoms. The largest absolute Gasteiger partial charge is 0.388 e. The highest BCUT2D eigenvalue weighted by atomic mass is 35.5. The number of rotatable bonds is 3. The van der Waals surface area contributed by atoms with Gasteiger partial charge in [0.15, 0.2) is 0 Å². The number of hydrogen-bond donors (Lipinski definition) is 2. The predicted molar refractivity (Wildman–Crippen MR) is 86.6 cm³/mol. The minimum atomic E-state index is -0.500. The monoisotopic (exact) mass is 332 g/mol. The fourth-order valence-electron chi connectivity index (χ4n) is 2.66. The van der Waals surface area contributed by atoms with Crippen LogP contribution < -0.4 is 5.73 Å². The number of nitrogens with zero attached hydrogens (tertiary/aromatic N) is 1. The lowest BCUT2D eigenvalue weighted by atomic mass is 9.87. The molecule has 0 bridgehead atoms. The molecule has 1 unspecified atom stereocenters. The van der Waals surface area contributed by atoms with Crippen LogP contribution in [0.4, 0.5) is 0 Å². The smallest absolute Gasteiger partial charge is 0.239 e. The zero-order valence-corrected chi connectivity index (χ0v) is 13.6. The first-order chi connectivity index (χ1) is 9.49. The van der Waals surface area contributed by atoms with Gasteiger partial charge in [0.2, 0.25) is 5.91 Å². The van der Waals surface area contributed by atoms with Crippen LogP contribution in [0, 0.1) is 5.92 Å². The summed E-state index contributed by atoms with van der Waals surface area (Å²) in [4.78, 5) is 13.6. The lowest BCUT2D eigenvalue weighted by Gasteiger charge is -2.35. The fraction of sp³-hybridized carbons (Fsp3) is 0.533. The number of carbonyl (C=O) groups is 1. The summed E-state index contributed by atoms with van der Waals surface area (Å²) in [5.74, 6) is 0.165. The van der Waals surface area contributed by atoms with E-state index in [1.54, 1.807) is 24.0 Å². The van der Waals surface area contributed by atoms with Crippen molar-refractivity contribution in [2.45, 2.75) is 31.9 Å². The van der Waals surface area contributed by atoms with E-state index >= 15 is 0 Å². The van der Waals surface area contributed by atoms with Gasteiger partial charge in [0.05, 0.1) is 12.1 Å². The summed E-state index contributed by atoms with van der Waals surface area (Å²) in [6.45, 7) is 3.03. The molecule has 1 fully saturated rings. The van der Waals surface area contributed by atoms with Crippen LogP contribution in [0.15, 0.2) is 24.3 Å². The van der Waals surface area contributed by atoms with Gasteiger partial charge in [0.25, 0.3) is 0 Å². The van der Waals surface area contributed by atoms with Crippen LogP contribution in [0.2, 0.25) is 5.02 Å². The van der Waals surface area contributed by atoms with E-state index < -0.39 is 12.1 Å².